The Morgan fingerprint density at radius 1 is 1.10 bits per heavy atom. The number of nitriles is 1. The van der Waals surface area contributed by atoms with Crippen LogP contribution in [0.2, 0.25) is 0 Å². The van der Waals surface area contributed by atoms with Crippen LogP contribution in [0.1, 0.15) is 39.4 Å². The van der Waals surface area contributed by atoms with Gasteiger partial charge in [-0.25, -0.2) is 13.1 Å². The highest BCUT2D eigenvalue weighted by atomic mass is 32.2. The van der Waals surface area contributed by atoms with E-state index in [9.17, 15) is 23.9 Å². The average Bonchev–Trinajstić information content (AvgIpc) is 3.44. The Bertz CT molecular complexity index is 1510. The van der Waals surface area contributed by atoms with Crippen LogP contribution in [0.4, 0.5) is 5.69 Å². The van der Waals surface area contributed by atoms with E-state index in [-0.39, 0.29) is 23.6 Å². The molecular formula is C29H35N3O6S2. The lowest BCUT2D eigenvalue weighted by atomic mass is 10.0. The minimum atomic E-state index is -4.24. The number of nitrogens with zero attached hydrogens (tertiary/aromatic N) is 2. The summed E-state index contributed by atoms with van der Waals surface area (Å²) in [7, 11) is -4.24. The first-order valence-electron chi connectivity index (χ1n) is 13.3. The predicted octanol–water partition coefficient (Wildman–Crippen LogP) is 4.67. The number of aliphatic hydroxyl groups is 2. The first-order chi connectivity index (χ1) is 19.2. The molecule has 1 fully saturated rings. The molecule has 1 aliphatic rings. The molecule has 1 aromatic heterocycles. The van der Waals surface area contributed by atoms with Crippen LogP contribution in [-0.2, 0) is 14.2 Å². The number of fused-ring (bicyclic) bond motifs is 1. The molecule has 0 aliphatic carbocycles. The van der Waals surface area contributed by atoms with E-state index in [2.05, 4.69) is 41.7 Å². The molecule has 9 nitrogen and oxygen atoms in total. The first kappa shape index (κ1) is 30.1. The van der Waals surface area contributed by atoms with Crippen molar-refractivity contribution in [2.24, 2.45) is 0 Å². The molecule has 4 rings (SSSR count). The maximum atomic E-state index is 12.9. The molecule has 1 saturated heterocycles. The molecule has 0 spiro atoms. The molecule has 40 heavy (non-hydrogen) atoms. The number of hydrogen-bond donors (Lipinski definition) is 3. The molecule has 214 valence electrons. The van der Waals surface area contributed by atoms with Gasteiger partial charge in [-0.3, -0.25) is 0 Å². The van der Waals surface area contributed by atoms with Crippen LogP contribution in [0, 0.1) is 11.3 Å². The quantitative estimate of drug-likeness (QED) is 0.217. The van der Waals surface area contributed by atoms with Gasteiger partial charge >= 0.3 is 0 Å². The lowest BCUT2D eigenvalue weighted by molar-refractivity contribution is -0.0418. The highest BCUT2D eigenvalue weighted by Gasteiger charge is 2.34. The van der Waals surface area contributed by atoms with E-state index in [1.165, 1.54) is 12.6 Å². The maximum absolute atomic E-state index is 12.9. The van der Waals surface area contributed by atoms with Crippen LogP contribution in [0.25, 0.3) is 27.7 Å². The fourth-order valence-electron chi connectivity index (χ4n) is 4.66. The number of furan rings is 1. The van der Waals surface area contributed by atoms with Crippen LogP contribution < -0.4 is 9.62 Å². The third-order valence-electron chi connectivity index (χ3n) is 6.83. The van der Waals surface area contributed by atoms with E-state index in [1.807, 2.05) is 18.2 Å². The topological polar surface area (TPSA) is 136 Å². The van der Waals surface area contributed by atoms with Gasteiger partial charge in [0.2, 0.25) is 0 Å². The van der Waals surface area contributed by atoms with Crippen molar-refractivity contribution < 1.29 is 27.2 Å². The molecule has 0 saturated carbocycles. The Balaban J connectivity index is 1.55. The summed E-state index contributed by atoms with van der Waals surface area (Å²) in [5.41, 5.74) is 2.18. The van der Waals surface area contributed by atoms with Gasteiger partial charge in [0.15, 0.2) is 4.91 Å². The van der Waals surface area contributed by atoms with Gasteiger partial charge in [-0.1, -0.05) is 32.0 Å². The molecule has 2 heterocycles. The van der Waals surface area contributed by atoms with Crippen molar-refractivity contribution in [1.82, 2.24) is 4.72 Å². The standard InChI is InChI=1S/C29H35N3O6S2/c1-4-12-32(13-5-2)23-9-8-20-14-22(7-6-21(20)15-23)26-11-10-25(37-26)19(3)28(16-30)40(35,36)31-17-27-29(34)24(33)18-39-38-27/h6-11,14-15,24,27,29,31,33-34H,4-5,12-13,17-18H2,1-3H3/b28-19+/t24-,27-,29+/m1/s1. The highest BCUT2D eigenvalue weighted by molar-refractivity contribution is 7.94. The molecule has 3 N–H and O–H groups in total. The van der Waals surface area contributed by atoms with E-state index < -0.39 is 33.2 Å². The zero-order chi connectivity index (χ0) is 28.9. The van der Waals surface area contributed by atoms with Crippen molar-refractivity contribution in [3.05, 3.63) is 59.2 Å². The van der Waals surface area contributed by atoms with Crippen LogP contribution in [-0.4, -0.2) is 62.3 Å². The lowest BCUT2D eigenvalue weighted by Gasteiger charge is -2.30. The summed E-state index contributed by atoms with van der Waals surface area (Å²) in [6.45, 7) is 7.58. The van der Waals surface area contributed by atoms with Gasteiger partial charge in [-0.2, -0.15) is 5.26 Å². The summed E-state index contributed by atoms with van der Waals surface area (Å²) in [5.74, 6) is 0.982. The summed E-state index contributed by atoms with van der Waals surface area (Å²) >= 11 is 0.951. The number of hydrogen-bond acceptors (Lipinski definition) is 9. The van der Waals surface area contributed by atoms with Crippen molar-refractivity contribution in [2.45, 2.75) is 51.9 Å². The van der Waals surface area contributed by atoms with Gasteiger partial charge in [0, 0.05) is 42.2 Å². The number of rotatable bonds is 11. The number of aliphatic hydroxyl groups excluding tert-OH is 2. The Morgan fingerprint density at radius 3 is 2.50 bits per heavy atom. The minimum absolute atomic E-state index is 0.151. The largest absolute Gasteiger partial charge is 0.456 e. The first-order valence-corrected chi connectivity index (χ1v) is 15.7. The molecule has 11 heteroatoms. The zero-order valence-electron chi connectivity index (χ0n) is 22.8. The number of sulfonamides is 1. The SMILES string of the molecule is CCCN(CCC)c1ccc2cc(-c3ccc(/C(C)=C(\C#N)S(=O)(=O)NC[C@H]4OSC[C@@H](O)[C@@H]4O)o3)ccc2c1. The highest BCUT2D eigenvalue weighted by Crippen LogP contribution is 2.32. The second-order valence-electron chi connectivity index (χ2n) is 9.79. The lowest BCUT2D eigenvalue weighted by Crippen LogP contribution is -2.48. The summed E-state index contributed by atoms with van der Waals surface area (Å²) < 4.78 is 39.5. The van der Waals surface area contributed by atoms with Crippen LogP contribution in [0.15, 0.2) is 57.9 Å². The summed E-state index contributed by atoms with van der Waals surface area (Å²) in [6, 6.07) is 17.6. The number of allylic oxidation sites excluding steroid dienone is 2. The molecule has 0 unspecified atom stereocenters. The molecule has 0 bridgehead atoms. The van der Waals surface area contributed by atoms with Gasteiger partial charge in [0.1, 0.15) is 29.8 Å². The fourth-order valence-corrected chi connectivity index (χ4v) is 6.59. The molecule has 3 atom stereocenters. The minimum Gasteiger partial charge on any atom is -0.456 e. The zero-order valence-corrected chi connectivity index (χ0v) is 24.5. The van der Waals surface area contributed by atoms with E-state index in [0.29, 0.717) is 5.76 Å². The van der Waals surface area contributed by atoms with Gasteiger partial charge in [0.25, 0.3) is 10.0 Å². The molecule has 0 amide bonds. The van der Waals surface area contributed by atoms with Gasteiger partial charge < -0.3 is 23.7 Å². The number of anilines is 1. The maximum Gasteiger partial charge on any atom is 0.251 e. The van der Waals surface area contributed by atoms with E-state index >= 15 is 0 Å². The van der Waals surface area contributed by atoms with E-state index in [0.717, 1.165) is 54.3 Å². The molecule has 2 aromatic carbocycles. The third-order valence-corrected chi connectivity index (χ3v) is 9.17. The van der Waals surface area contributed by atoms with Gasteiger partial charge in [-0.15, -0.1) is 0 Å². The van der Waals surface area contributed by atoms with Crippen LogP contribution >= 0.6 is 12.0 Å². The molecule has 1 aliphatic heterocycles. The molecule has 3 aromatic rings. The summed E-state index contributed by atoms with van der Waals surface area (Å²) in [4.78, 5) is 1.89. The van der Waals surface area contributed by atoms with Crippen LogP contribution in [0.5, 0.6) is 0 Å². The van der Waals surface area contributed by atoms with Crippen molar-refractivity contribution in [1.29, 1.82) is 5.26 Å². The Labute approximate surface area is 239 Å². The van der Waals surface area contributed by atoms with E-state index in [1.54, 1.807) is 18.2 Å². The normalized spacial score (nSPS) is 20.2. The molecular weight excluding hydrogens is 550 g/mol. The van der Waals surface area contributed by atoms with Crippen molar-refractivity contribution in [3.63, 3.8) is 0 Å². The van der Waals surface area contributed by atoms with Crippen molar-refractivity contribution in [2.75, 3.05) is 30.3 Å². The van der Waals surface area contributed by atoms with Crippen molar-refractivity contribution >= 4 is 44.1 Å². The second-order valence-corrected chi connectivity index (χ2v) is 12.3. The summed E-state index contributed by atoms with van der Waals surface area (Å²) in [6.07, 6.45) is -1.07. The number of nitrogens with one attached hydrogen (secondary N) is 1. The Hall–Kier alpha value is -2.85. The van der Waals surface area contributed by atoms with Gasteiger partial charge in [0.05, 0.1) is 6.10 Å². The Morgan fingerprint density at radius 2 is 1.80 bits per heavy atom. The van der Waals surface area contributed by atoms with Crippen molar-refractivity contribution in [3.8, 4) is 17.4 Å². The monoisotopic (exact) mass is 585 g/mol. The predicted molar refractivity (Wildman–Crippen MR) is 159 cm³/mol. The summed E-state index contributed by atoms with van der Waals surface area (Å²) in [5, 5.41) is 31.7. The second kappa shape index (κ2) is 13.2. The molecule has 0 radical (unpaired) electrons. The van der Waals surface area contributed by atoms with Crippen LogP contribution in [0.3, 0.4) is 0 Å². The third kappa shape index (κ3) is 6.71. The average molecular weight is 586 g/mol. The van der Waals surface area contributed by atoms with Gasteiger partial charge in [-0.05, 0) is 72.9 Å². The Kier molecular flexibility index (Phi) is 9.94. The van der Waals surface area contributed by atoms with E-state index in [4.69, 9.17) is 8.60 Å². The smallest absolute Gasteiger partial charge is 0.251 e. The fraction of sp³-hybridized carbons (Fsp3) is 0.414. The number of benzene rings is 2.